The van der Waals surface area contributed by atoms with Gasteiger partial charge in [-0.1, -0.05) is 30.3 Å². The van der Waals surface area contributed by atoms with Gasteiger partial charge < -0.3 is 10.1 Å². The van der Waals surface area contributed by atoms with Crippen molar-refractivity contribution in [2.75, 3.05) is 25.5 Å². The minimum atomic E-state index is -3.67. The topological polar surface area (TPSA) is 88.6 Å². The van der Waals surface area contributed by atoms with Crippen LogP contribution in [0.2, 0.25) is 0 Å². The van der Waals surface area contributed by atoms with Gasteiger partial charge in [-0.3, -0.25) is 4.79 Å². The lowest BCUT2D eigenvalue weighted by Gasteiger charge is -2.31. The average molecular weight is 458 g/mol. The van der Waals surface area contributed by atoms with E-state index < -0.39 is 15.9 Å². The van der Waals surface area contributed by atoms with Gasteiger partial charge in [0, 0.05) is 24.0 Å². The van der Waals surface area contributed by atoms with Crippen LogP contribution in [-0.2, 0) is 14.8 Å². The fourth-order valence-corrected chi connectivity index (χ4v) is 5.80. The van der Waals surface area contributed by atoms with E-state index in [0.717, 1.165) is 11.3 Å². The van der Waals surface area contributed by atoms with Gasteiger partial charge in [0.05, 0.1) is 23.6 Å². The van der Waals surface area contributed by atoms with E-state index in [1.807, 2.05) is 35.7 Å². The maximum Gasteiger partial charge on any atom is 0.243 e. The van der Waals surface area contributed by atoms with Gasteiger partial charge in [0.2, 0.25) is 15.9 Å². The molecular formula is C22H23N3O4S2. The highest BCUT2D eigenvalue weighted by molar-refractivity contribution is 7.89. The number of nitrogens with zero attached hydrogens (tertiary/aromatic N) is 2. The van der Waals surface area contributed by atoms with Crippen molar-refractivity contribution in [2.24, 2.45) is 5.92 Å². The van der Waals surface area contributed by atoms with Crippen LogP contribution >= 0.6 is 11.3 Å². The van der Waals surface area contributed by atoms with Crippen LogP contribution in [0.4, 0.5) is 5.13 Å². The van der Waals surface area contributed by atoms with Gasteiger partial charge in [-0.25, -0.2) is 13.4 Å². The number of anilines is 1. The minimum Gasteiger partial charge on any atom is -0.497 e. The number of carbonyl (C=O) groups is 1. The number of nitrogens with one attached hydrogen (secondary N) is 1. The summed E-state index contributed by atoms with van der Waals surface area (Å²) in [5, 5.41) is 5.27. The van der Waals surface area contributed by atoms with Gasteiger partial charge in [0.1, 0.15) is 5.75 Å². The van der Waals surface area contributed by atoms with Crippen LogP contribution in [0.15, 0.2) is 64.9 Å². The molecule has 0 unspecified atom stereocenters. The van der Waals surface area contributed by atoms with Crippen LogP contribution < -0.4 is 10.1 Å². The summed E-state index contributed by atoms with van der Waals surface area (Å²) in [5.74, 6) is -0.0393. The van der Waals surface area contributed by atoms with Crippen molar-refractivity contribution in [3.63, 3.8) is 0 Å². The van der Waals surface area contributed by atoms with Crippen LogP contribution in [0.5, 0.6) is 5.75 Å². The van der Waals surface area contributed by atoms with Crippen molar-refractivity contribution in [3.8, 4) is 17.0 Å². The Bertz CT molecular complexity index is 1150. The summed E-state index contributed by atoms with van der Waals surface area (Å²) >= 11 is 1.36. The molecular weight excluding hydrogens is 434 g/mol. The number of piperidine rings is 1. The number of rotatable bonds is 6. The molecule has 7 nitrogen and oxygen atoms in total. The lowest BCUT2D eigenvalue weighted by atomic mass is 9.99. The fourth-order valence-electron chi connectivity index (χ4n) is 3.55. The zero-order valence-corrected chi connectivity index (χ0v) is 18.7. The summed E-state index contributed by atoms with van der Waals surface area (Å²) in [6.07, 6.45) is 1.26. The Kier molecular flexibility index (Phi) is 6.35. The monoisotopic (exact) mass is 457 g/mol. The molecule has 162 valence electrons. The number of thiazole rings is 1. The molecule has 0 aliphatic carbocycles. The highest BCUT2D eigenvalue weighted by atomic mass is 32.2. The van der Waals surface area contributed by atoms with Crippen molar-refractivity contribution in [2.45, 2.75) is 17.7 Å². The molecule has 2 heterocycles. The van der Waals surface area contributed by atoms with Crippen molar-refractivity contribution >= 4 is 32.4 Å². The first-order chi connectivity index (χ1) is 15.0. The van der Waals surface area contributed by atoms with E-state index in [9.17, 15) is 13.2 Å². The zero-order valence-electron chi connectivity index (χ0n) is 17.0. The Morgan fingerprint density at radius 1 is 1.16 bits per heavy atom. The second-order valence-corrected chi connectivity index (χ2v) is 10.1. The third-order valence-electron chi connectivity index (χ3n) is 5.26. The number of methoxy groups -OCH3 is 1. The predicted octanol–water partition coefficient (Wildman–Crippen LogP) is 3.86. The molecule has 1 N–H and O–H groups in total. The Labute approximate surface area is 185 Å². The van der Waals surface area contributed by atoms with E-state index in [-0.39, 0.29) is 17.3 Å². The molecule has 31 heavy (non-hydrogen) atoms. The van der Waals surface area contributed by atoms with Crippen molar-refractivity contribution in [1.29, 1.82) is 0 Å². The molecule has 0 radical (unpaired) electrons. The molecule has 1 aliphatic heterocycles. The molecule has 1 fully saturated rings. The first kappa shape index (κ1) is 21.5. The molecule has 2 aromatic carbocycles. The number of hydrogen-bond acceptors (Lipinski definition) is 6. The number of carbonyl (C=O) groups excluding carboxylic acids is 1. The molecule has 9 heteroatoms. The molecule has 0 spiro atoms. The van der Waals surface area contributed by atoms with Gasteiger partial charge in [-0.15, -0.1) is 11.3 Å². The van der Waals surface area contributed by atoms with Crippen LogP contribution in [-0.4, -0.2) is 43.8 Å². The molecule has 0 saturated carbocycles. The van der Waals surface area contributed by atoms with E-state index in [1.165, 1.54) is 34.9 Å². The maximum atomic E-state index is 13.0. The molecule has 3 aromatic rings. The van der Waals surface area contributed by atoms with E-state index in [2.05, 4.69) is 10.3 Å². The standard InChI is InChI=1S/C22H23N3O4S2/c1-29-18-9-11-19(12-10-18)31(27,28)25-13-5-8-17(14-25)21(26)24-22-23-20(15-30-22)16-6-3-2-4-7-16/h2-4,6-7,9-12,15,17H,5,8,13-14H2,1H3,(H,23,24,26)/t17-/m1/s1. The normalized spacial score (nSPS) is 17.3. The van der Waals surface area contributed by atoms with Crippen LogP contribution in [0.25, 0.3) is 11.3 Å². The highest BCUT2D eigenvalue weighted by Crippen LogP contribution is 2.28. The fraction of sp³-hybridized carbons (Fsp3) is 0.273. The second kappa shape index (κ2) is 9.17. The maximum absolute atomic E-state index is 13.0. The summed E-state index contributed by atoms with van der Waals surface area (Å²) in [4.78, 5) is 17.5. The zero-order chi connectivity index (χ0) is 21.8. The average Bonchev–Trinajstić information content (AvgIpc) is 3.28. The second-order valence-electron chi connectivity index (χ2n) is 7.27. The highest BCUT2D eigenvalue weighted by Gasteiger charge is 2.33. The first-order valence-corrected chi connectivity index (χ1v) is 12.3. The summed E-state index contributed by atoms with van der Waals surface area (Å²) in [7, 11) is -2.14. The predicted molar refractivity (Wildman–Crippen MR) is 121 cm³/mol. The smallest absolute Gasteiger partial charge is 0.243 e. The number of ether oxygens (including phenoxy) is 1. The van der Waals surface area contributed by atoms with Gasteiger partial charge >= 0.3 is 0 Å². The molecule has 1 atom stereocenters. The molecule has 1 saturated heterocycles. The molecule has 1 aliphatic rings. The molecule has 4 rings (SSSR count). The first-order valence-electron chi connectivity index (χ1n) is 9.93. The Morgan fingerprint density at radius 3 is 2.61 bits per heavy atom. The number of aromatic nitrogens is 1. The Balaban J connectivity index is 1.43. The summed E-state index contributed by atoms with van der Waals surface area (Å²) in [5.41, 5.74) is 1.78. The number of benzene rings is 2. The Hall–Kier alpha value is -2.75. The molecule has 1 aromatic heterocycles. The van der Waals surface area contributed by atoms with Gasteiger partial charge in [0.15, 0.2) is 5.13 Å². The van der Waals surface area contributed by atoms with E-state index in [4.69, 9.17) is 4.74 Å². The Morgan fingerprint density at radius 2 is 1.90 bits per heavy atom. The third kappa shape index (κ3) is 4.79. The lowest BCUT2D eigenvalue weighted by Crippen LogP contribution is -2.43. The quantitative estimate of drug-likeness (QED) is 0.607. The van der Waals surface area contributed by atoms with Gasteiger partial charge in [-0.2, -0.15) is 4.31 Å². The van der Waals surface area contributed by atoms with E-state index in [0.29, 0.717) is 30.3 Å². The summed E-state index contributed by atoms with van der Waals surface area (Å²) in [6.45, 7) is 0.546. The van der Waals surface area contributed by atoms with E-state index >= 15 is 0 Å². The van der Waals surface area contributed by atoms with Gasteiger partial charge in [-0.05, 0) is 37.1 Å². The van der Waals surface area contributed by atoms with E-state index in [1.54, 1.807) is 12.1 Å². The summed E-state index contributed by atoms with van der Waals surface area (Å²) in [6, 6.07) is 16.0. The van der Waals surface area contributed by atoms with Crippen molar-refractivity contribution < 1.29 is 17.9 Å². The van der Waals surface area contributed by atoms with Crippen molar-refractivity contribution in [3.05, 3.63) is 60.0 Å². The van der Waals surface area contributed by atoms with Crippen LogP contribution in [0.3, 0.4) is 0 Å². The van der Waals surface area contributed by atoms with Crippen molar-refractivity contribution in [1.82, 2.24) is 9.29 Å². The third-order valence-corrected chi connectivity index (χ3v) is 7.89. The number of amides is 1. The number of sulfonamides is 1. The SMILES string of the molecule is COc1ccc(S(=O)(=O)N2CCC[C@@H](C(=O)Nc3nc(-c4ccccc4)cs3)C2)cc1. The molecule has 1 amide bonds. The summed E-state index contributed by atoms with van der Waals surface area (Å²) < 4.78 is 32.5. The largest absolute Gasteiger partial charge is 0.497 e. The van der Waals surface area contributed by atoms with Gasteiger partial charge in [0.25, 0.3) is 0 Å². The van der Waals surface area contributed by atoms with Crippen LogP contribution in [0.1, 0.15) is 12.8 Å². The number of hydrogen-bond donors (Lipinski definition) is 1. The molecule has 0 bridgehead atoms. The minimum absolute atomic E-state index is 0.150. The van der Waals surface area contributed by atoms with Crippen LogP contribution in [0, 0.1) is 5.92 Å². The lowest BCUT2D eigenvalue weighted by molar-refractivity contribution is -0.120.